The first kappa shape index (κ1) is 24.8. The van der Waals surface area contributed by atoms with Crippen LogP contribution in [-0.2, 0) is 14.9 Å². The van der Waals surface area contributed by atoms with Gasteiger partial charge in [-0.25, -0.2) is 9.18 Å². The second-order valence-corrected chi connectivity index (χ2v) is 10.8. The van der Waals surface area contributed by atoms with Crippen LogP contribution in [0.3, 0.4) is 0 Å². The van der Waals surface area contributed by atoms with Gasteiger partial charge in [-0.05, 0) is 43.9 Å². The van der Waals surface area contributed by atoms with E-state index in [9.17, 15) is 27.8 Å². The standard InChI is InChI=1S/C21H32FN3O6S/c1-13-9-18(23-32(29,30)24(2)3)19(25(13)21(27)28)12-31-16-7-8-17(20(26)11-16)14-5-4-6-15(22)10-14/h4-6,10,13,16-20,23,26H,7-9,11-12H2,1-3H3,(H,27,28)/t13-,16+,17?,18+,19+,20?/m1/s1. The molecule has 1 aliphatic carbocycles. The van der Waals surface area contributed by atoms with Gasteiger partial charge in [-0.3, -0.25) is 4.90 Å². The molecule has 3 rings (SSSR count). The molecule has 1 saturated carbocycles. The Morgan fingerprint density at radius 1 is 1.31 bits per heavy atom. The fourth-order valence-corrected chi connectivity index (χ4v) is 5.58. The lowest BCUT2D eigenvalue weighted by Crippen LogP contribution is -2.52. The summed E-state index contributed by atoms with van der Waals surface area (Å²) in [6.45, 7) is 1.75. The number of benzene rings is 1. The maximum Gasteiger partial charge on any atom is 0.407 e. The van der Waals surface area contributed by atoms with Crippen LogP contribution in [-0.4, -0.2) is 85.0 Å². The Morgan fingerprint density at radius 2 is 2.03 bits per heavy atom. The summed E-state index contributed by atoms with van der Waals surface area (Å²) in [6.07, 6.45) is -0.235. The van der Waals surface area contributed by atoms with Gasteiger partial charge in [-0.2, -0.15) is 17.4 Å². The van der Waals surface area contributed by atoms with E-state index in [4.69, 9.17) is 4.74 Å². The molecule has 1 aliphatic heterocycles. The van der Waals surface area contributed by atoms with Gasteiger partial charge < -0.3 is 14.9 Å². The highest BCUT2D eigenvalue weighted by Crippen LogP contribution is 2.35. The molecule has 1 saturated heterocycles. The quantitative estimate of drug-likeness (QED) is 0.555. The van der Waals surface area contributed by atoms with Crippen LogP contribution in [0, 0.1) is 5.82 Å². The Hall–Kier alpha value is -1.79. The predicted octanol–water partition coefficient (Wildman–Crippen LogP) is 1.74. The normalized spacial score (nSPS) is 31.2. The van der Waals surface area contributed by atoms with Crippen molar-refractivity contribution in [3.8, 4) is 0 Å². The zero-order chi connectivity index (χ0) is 23.6. The third kappa shape index (κ3) is 5.57. The number of aliphatic hydroxyl groups is 1. The second-order valence-electron chi connectivity index (χ2n) is 8.85. The minimum atomic E-state index is -3.74. The van der Waals surface area contributed by atoms with E-state index in [1.807, 2.05) is 0 Å². The first-order valence-corrected chi connectivity index (χ1v) is 12.2. The van der Waals surface area contributed by atoms with Crippen molar-refractivity contribution in [3.05, 3.63) is 35.6 Å². The number of amides is 1. The maximum atomic E-state index is 13.5. The van der Waals surface area contributed by atoms with Gasteiger partial charge in [0.25, 0.3) is 10.2 Å². The Bertz CT molecular complexity index is 915. The molecule has 2 fully saturated rings. The second kappa shape index (κ2) is 10.0. The summed E-state index contributed by atoms with van der Waals surface area (Å²) >= 11 is 0. The van der Waals surface area contributed by atoms with Crippen LogP contribution >= 0.6 is 0 Å². The summed E-state index contributed by atoms with van der Waals surface area (Å²) < 4.78 is 47.8. The van der Waals surface area contributed by atoms with Crippen LogP contribution in [0.1, 0.15) is 44.1 Å². The minimum Gasteiger partial charge on any atom is -0.465 e. The molecule has 0 bridgehead atoms. The number of carbonyl (C=O) groups is 1. The van der Waals surface area contributed by atoms with Crippen LogP contribution in [0.2, 0.25) is 0 Å². The number of rotatable bonds is 7. The zero-order valence-electron chi connectivity index (χ0n) is 18.5. The smallest absolute Gasteiger partial charge is 0.407 e. The Morgan fingerprint density at radius 3 is 2.62 bits per heavy atom. The van der Waals surface area contributed by atoms with E-state index >= 15 is 0 Å². The van der Waals surface area contributed by atoms with Crippen LogP contribution in [0.5, 0.6) is 0 Å². The Kier molecular flexibility index (Phi) is 7.77. The number of ether oxygens (including phenoxy) is 1. The van der Waals surface area contributed by atoms with Gasteiger partial charge in [-0.1, -0.05) is 12.1 Å². The highest BCUT2D eigenvalue weighted by atomic mass is 32.2. The van der Waals surface area contributed by atoms with Crippen molar-refractivity contribution in [1.82, 2.24) is 13.9 Å². The van der Waals surface area contributed by atoms with Crippen LogP contribution in [0.15, 0.2) is 24.3 Å². The lowest BCUT2D eigenvalue weighted by atomic mass is 9.80. The number of likely N-dealkylation sites (tertiary alicyclic amines) is 1. The number of nitrogens with zero attached hydrogens (tertiary/aromatic N) is 2. The van der Waals surface area contributed by atoms with E-state index in [1.54, 1.807) is 19.1 Å². The number of aliphatic hydroxyl groups excluding tert-OH is 1. The van der Waals surface area contributed by atoms with Gasteiger partial charge in [0.1, 0.15) is 5.82 Å². The van der Waals surface area contributed by atoms with Gasteiger partial charge in [-0.15, -0.1) is 0 Å². The summed E-state index contributed by atoms with van der Waals surface area (Å²) in [7, 11) is -0.938. The molecule has 1 aromatic rings. The first-order chi connectivity index (χ1) is 15.0. The van der Waals surface area contributed by atoms with E-state index in [0.717, 1.165) is 9.87 Å². The van der Waals surface area contributed by atoms with Crippen molar-refractivity contribution in [2.75, 3.05) is 20.7 Å². The summed E-state index contributed by atoms with van der Waals surface area (Å²) in [5.41, 5.74) is 0.746. The summed E-state index contributed by atoms with van der Waals surface area (Å²) in [6, 6.07) is 4.53. The van der Waals surface area contributed by atoms with E-state index in [2.05, 4.69) is 4.72 Å². The van der Waals surface area contributed by atoms with Gasteiger partial charge in [0.2, 0.25) is 0 Å². The summed E-state index contributed by atoms with van der Waals surface area (Å²) in [4.78, 5) is 13.0. The number of nitrogens with one attached hydrogen (secondary N) is 1. The molecular formula is C21H32FN3O6S. The Balaban J connectivity index is 1.64. The van der Waals surface area contributed by atoms with Crippen molar-refractivity contribution in [3.63, 3.8) is 0 Å². The highest BCUT2D eigenvalue weighted by Gasteiger charge is 2.44. The van der Waals surface area contributed by atoms with Crippen molar-refractivity contribution in [2.24, 2.45) is 0 Å². The molecule has 2 unspecified atom stereocenters. The molecule has 180 valence electrons. The fourth-order valence-electron chi connectivity index (χ4n) is 4.73. The Labute approximate surface area is 188 Å². The van der Waals surface area contributed by atoms with Gasteiger partial charge in [0.05, 0.1) is 24.9 Å². The topological polar surface area (TPSA) is 119 Å². The number of carboxylic acid groups (broad SMARTS) is 1. The molecule has 0 aromatic heterocycles. The van der Waals surface area contributed by atoms with Crippen molar-refractivity contribution in [1.29, 1.82) is 0 Å². The lowest BCUT2D eigenvalue weighted by Gasteiger charge is -2.35. The molecule has 6 atom stereocenters. The van der Waals surface area contributed by atoms with E-state index < -0.39 is 34.5 Å². The van der Waals surface area contributed by atoms with Crippen LogP contribution in [0.4, 0.5) is 9.18 Å². The molecule has 32 heavy (non-hydrogen) atoms. The molecule has 1 amide bonds. The van der Waals surface area contributed by atoms with Crippen molar-refractivity contribution >= 4 is 16.3 Å². The highest BCUT2D eigenvalue weighted by molar-refractivity contribution is 7.87. The third-order valence-corrected chi connectivity index (χ3v) is 8.00. The largest absolute Gasteiger partial charge is 0.465 e. The van der Waals surface area contributed by atoms with Gasteiger partial charge >= 0.3 is 6.09 Å². The number of hydrogen-bond acceptors (Lipinski definition) is 5. The van der Waals surface area contributed by atoms with E-state index in [-0.39, 0.29) is 30.5 Å². The fraction of sp³-hybridized carbons (Fsp3) is 0.667. The molecule has 3 N–H and O–H groups in total. The average Bonchev–Trinajstić information content (AvgIpc) is 3.00. The molecular weight excluding hydrogens is 441 g/mol. The molecule has 11 heteroatoms. The molecule has 0 spiro atoms. The van der Waals surface area contributed by atoms with Gasteiger partial charge in [0, 0.05) is 38.5 Å². The SMILES string of the molecule is C[C@@H]1C[C@H](NS(=O)(=O)N(C)C)[C@H](CO[C@H]2CCC(c3cccc(F)c3)C(O)C2)N1C(=O)O. The summed E-state index contributed by atoms with van der Waals surface area (Å²) in [5, 5.41) is 20.3. The lowest BCUT2D eigenvalue weighted by molar-refractivity contribution is -0.0409. The molecule has 1 heterocycles. The molecule has 1 aromatic carbocycles. The molecule has 9 nitrogen and oxygen atoms in total. The number of hydrogen-bond donors (Lipinski definition) is 3. The van der Waals surface area contributed by atoms with Crippen molar-refractivity contribution < 1.29 is 32.6 Å². The molecule has 0 radical (unpaired) electrons. The minimum absolute atomic E-state index is 0.0132. The first-order valence-electron chi connectivity index (χ1n) is 10.8. The monoisotopic (exact) mass is 473 g/mol. The van der Waals surface area contributed by atoms with E-state index in [1.165, 1.54) is 31.1 Å². The maximum absolute atomic E-state index is 13.5. The summed E-state index contributed by atoms with van der Waals surface area (Å²) in [5.74, 6) is -0.532. The zero-order valence-corrected chi connectivity index (χ0v) is 19.3. The number of halogens is 1. The third-order valence-electron chi connectivity index (χ3n) is 6.44. The predicted molar refractivity (Wildman–Crippen MR) is 116 cm³/mol. The van der Waals surface area contributed by atoms with Crippen LogP contribution < -0.4 is 4.72 Å². The molecule has 2 aliphatic rings. The van der Waals surface area contributed by atoms with Crippen molar-refractivity contribution in [2.45, 2.75) is 68.9 Å². The van der Waals surface area contributed by atoms with E-state index in [0.29, 0.717) is 25.7 Å². The van der Waals surface area contributed by atoms with Crippen LogP contribution in [0.25, 0.3) is 0 Å². The average molecular weight is 474 g/mol. The van der Waals surface area contributed by atoms with Gasteiger partial charge in [0.15, 0.2) is 0 Å².